The van der Waals surface area contributed by atoms with Gasteiger partial charge in [-0.05, 0) is 30.9 Å². The lowest BCUT2D eigenvalue weighted by Gasteiger charge is -2.09. The molecule has 1 amide bonds. The van der Waals surface area contributed by atoms with Gasteiger partial charge in [0.05, 0.1) is 6.10 Å². The average Bonchev–Trinajstić information content (AvgIpc) is 2.96. The monoisotopic (exact) mass is 278 g/mol. The second kappa shape index (κ2) is 7.00. The first-order valence-corrected chi connectivity index (χ1v) is 6.71. The molecule has 2 heterocycles. The zero-order valence-electron chi connectivity index (χ0n) is 11.2. The summed E-state index contributed by atoms with van der Waals surface area (Å²) in [5.41, 5.74) is 0.777. The molecule has 108 valence electrons. The number of rotatable bonds is 6. The number of ether oxygens (including phenoxy) is 1. The van der Waals surface area contributed by atoms with Gasteiger partial charge in [-0.3, -0.25) is 4.79 Å². The molecule has 2 rings (SSSR count). The van der Waals surface area contributed by atoms with Gasteiger partial charge in [0.25, 0.3) is 0 Å². The lowest BCUT2D eigenvalue weighted by molar-refractivity contribution is -0.121. The molecule has 0 aromatic carbocycles. The Morgan fingerprint density at radius 3 is 2.90 bits per heavy atom. The van der Waals surface area contributed by atoms with E-state index in [1.807, 2.05) is 0 Å². The predicted molar refractivity (Wildman–Crippen MR) is 71.3 cm³/mol. The lowest BCUT2D eigenvalue weighted by atomic mass is 10.1. The van der Waals surface area contributed by atoms with Crippen LogP contribution in [0.3, 0.4) is 0 Å². The summed E-state index contributed by atoms with van der Waals surface area (Å²) < 4.78 is 5.46. The van der Waals surface area contributed by atoms with E-state index < -0.39 is 5.97 Å². The first kappa shape index (κ1) is 14.5. The van der Waals surface area contributed by atoms with Crippen molar-refractivity contribution >= 4 is 11.9 Å². The topological polar surface area (TPSA) is 88.5 Å². The highest BCUT2D eigenvalue weighted by Gasteiger charge is 2.16. The number of carboxylic acid groups (broad SMARTS) is 1. The fourth-order valence-corrected chi connectivity index (χ4v) is 2.11. The Bertz CT molecular complexity index is 467. The van der Waals surface area contributed by atoms with Crippen molar-refractivity contribution in [3.05, 3.63) is 29.6 Å². The number of nitrogens with zero attached hydrogens (tertiary/aromatic N) is 1. The van der Waals surface area contributed by atoms with Gasteiger partial charge in [0.15, 0.2) is 0 Å². The number of hydrogen-bond acceptors (Lipinski definition) is 4. The van der Waals surface area contributed by atoms with Crippen LogP contribution in [0.15, 0.2) is 18.3 Å². The maximum Gasteiger partial charge on any atom is 0.354 e. The molecule has 1 aliphatic rings. The van der Waals surface area contributed by atoms with E-state index in [4.69, 9.17) is 9.84 Å². The van der Waals surface area contributed by atoms with Crippen molar-refractivity contribution < 1.29 is 19.4 Å². The smallest absolute Gasteiger partial charge is 0.354 e. The Labute approximate surface area is 117 Å². The van der Waals surface area contributed by atoms with Gasteiger partial charge in [0.1, 0.15) is 5.69 Å². The van der Waals surface area contributed by atoms with Crippen molar-refractivity contribution in [2.75, 3.05) is 6.61 Å². The van der Waals surface area contributed by atoms with Gasteiger partial charge < -0.3 is 15.2 Å². The fraction of sp³-hybridized carbons (Fsp3) is 0.500. The van der Waals surface area contributed by atoms with Crippen LogP contribution in [0.2, 0.25) is 0 Å². The highest BCUT2D eigenvalue weighted by molar-refractivity contribution is 5.85. The van der Waals surface area contributed by atoms with Gasteiger partial charge in [-0.25, -0.2) is 9.78 Å². The van der Waals surface area contributed by atoms with E-state index in [-0.39, 0.29) is 17.7 Å². The number of hydrogen-bond donors (Lipinski definition) is 2. The van der Waals surface area contributed by atoms with E-state index in [0.717, 1.165) is 31.4 Å². The largest absolute Gasteiger partial charge is 0.477 e. The Hall–Kier alpha value is -1.95. The first-order valence-electron chi connectivity index (χ1n) is 6.71. The lowest BCUT2D eigenvalue weighted by Crippen LogP contribution is -2.24. The highest BCUT2D eigenvalue weighted by atomic mass is 16.5. The minimum Gasteiger partial charge on any atom is -0.477 e. The molecule has 20 heavy (non-hydrogen) atoms. The zero-order chi connectivity index (χ0) is 14.4. The number of pyridine rings is 1. The third-order valence-corrected chi connectivity index (χ3v) is 3.25. The molecule has 0 radical (unpaired) electrons. The maximum atomic E-state index is 11.7. The standard InChI is InChI=1S/C14H18N2O4/c17-13(6-4-11-2-1-7-20-11)16-9-10-3-5-12(14(18)19)15-8-10/h3,5,8,11H,1-2,4,6-7,9H2,(H,16,17)(H,18,19). The zero-order valence-corrected chi connectivity index (χ0v) is 11.2. The molecule has 0 spiro atoms. The molecule has 0 saturated carbocycles. The third kappa shape index (κ3) is 4.31. The van der Waals surface area contributed by atoms with Crippen LogP contribution in [0.1, 0.15) is 41.7 Å². The average molecular weight is 278 g/mol. The SMILES string of the molecule is O=C(CCC1CCCO1)NCc1ccc(C(=O)O)nc1. The number of carbonyl (C=O) groups is 2. The third-order valence-electron chi connectivity index (χ3n) is 3.25. The van der Waals surface area contributed by atoms with E-state index in [2.05, 4.69) is 10.3 Å². The number of carboxylic acids is 1. The molecule has 1 saturated heterocycles. The van der Waals surface area contributed by atoms with Crippen LogP contribution in [0, 0.1) is 0 Å². The second-order valence-corrected chi connectivity index (χ2v) is 4.81. The van der Waals surface area contributed by atoms with Crippen molar-refractivity contribution in [3.63, 3.8) is 0 Å². The van der Waals surface area contributed by atoms with Crippen molar-refractivity contribution in [3.8, 4) is 0 Å². The van der Waals surface area contributed by atoms with Crippen LogP contribution in [-0.2, 0) is 16.1 Å². The van der Waals surface area contributed by atoms with E-state index in [9.17, 15) is 9.59 Å². The van der Waals surface area contributed by atoms with Gasteiger partial charge in [-0.2, -0.15) is 0 Å². The molecule has 1 aromatic rings. The fourth-order valence-electron chi connectivity index (χ4n) is 2.11. The molecular weight excluding hydrogens is 260 g/mol. The normalized spacial score (nSPS) is 17.9. The van der Waals surface area contributed by atoms with Crippen LogP contribution < -0.4 is 5.32 Å². The van der Waals surface area contributed by atoms with Crippen LogP contribution in [-0.4, -0.2) is 34.7 Å². The Kier molecular flexibility index (Phi) is 5.06. The van der Waals surface area contributed by atoms with Gasteiger partial charge in [0, 0.05) is 25.8 Å². The molecule has 1 atom stereocenters. The van der Waals surface area contributed by atoms with Gasteiger partial charge in [0.2, 0.25) is 5.91 Å². The quantitative estimate of drug-likeness (QED) is 0.820. The predicted octanol–water partition coefficient (Wildman–Crippen LogP) is 1.36. The van der Waals surface area contributed by atoms with E-state index in [1.54, 1.807) is 6.07 Å². The summed E-state index contributed by atoms with van der Waals surface area (Å²) in [5, 5.41) is 11.5. The van der Waals surface area contributed by atoms with Gasteiger partial charge in [-0.15, -0.1) is 0 Å². The van der Waals surface area contributed by atoms with Crippen LogP contribution in [0.25, 0.3) is 0 Å². The van der Waals surface area contributed by atoms with Gasteiger partial charge >= 0.3 is 5.97 Å². The first-order chi connectivity index (χ1) is 9.65. The molecular formula is C14H18N2O4. The Balaban J connectivity index is 1.70. The number of amides is 1. The molecule has 1 fully saturated rings. The molecule has 2 N–H and O–H groups in total. The highest BCUT2D eigenvalue weighted by Crippen LogP contribution is 2.16. The van der Waals surface area contributed by atoms with Crippen molar-refractivity contribution in [2.24, 2.45) is 0 Å². The second-order valence-electron chi connectivity index (χ2n) is 4.81. The summed E-state index contributed by atoms with van der Waals surface area (Å²) in [6.45, 7) is 1.16. The maximum absolute atomic E-state index is 11.7. The summed E-state index contributed by atoms with van der Waals surface area (Å²) in [6, 6.07) is 3.08. The molecule has 6 nitrogen and oxygen atoms in total. The van der Waals surface area contributed by atoms with E-state index in [1.165, 1.54) is 12.3 Å². The van der Waals surface area contributed by atoms with E-state index in [0.29, 0.717) is 13.0 Å². The van der Waals surface area contributed by atoms with Crippen molar-refractivity contribution in [2.45, 2.75) is 38.3 Å². The molecule has 6 heteroatoms. The number of aromatic carboxylic acids is 1. The summed E-state index contributed by atoms with van der Waals surface area (Å²) in [4.78, 5) is 26.1. The number of aromatic nitrogens is 1. The minimum absolute atomic E-state index is 0.00143. The molecule has 0 aliphatic carbocycles. The van der Waals surface area contributed by atoms with Crippen molar-refractivity contribution in [1.29, 1.82) is 0 Å². The van der Waals surface area contributed by atoms with Crippen LogP contribution in [0.4, 0.5) is 0 Å². The molecule has 0 bridgehead atoms. The van der Waals surface area contributed by atoms with Crippen molar-refractivity contribution in [1.82, 2.24) is 10.3 Å². The van der Waals surface area contributed by atoms with Gasteiger partial charge in [-0.1, -0.05) is 6.07 Å². The van der Waals surface area contributed by atoms with E-state index >= 15 is 0 Å². The summed E-state index contributed by atoms with van der Waals surface area (Å²) in [6.07, 6.45) is 5.00. The molecule has 1 aromatic heterocycles. The molecule has 1 unspecified atom stereocenters. The number of nitrogens with one attached hydrogen (secondary N) is 1. The van der Waals surface area contributed by atoms with Crippen LogP contribution in [0.5, 0.6) is 0 Å². The summed E-state index contributed by atoms with van der Waals surface area (Å²) in [5.74, 6) is -1.08. The minimum atomic E-state index is -1.06. The number of carbonyl (C=O) groups excluding carboxylic acids is 1. The summed E-state index contributed by atoms with van der Waals surface area (Å²) >= 11 is 0. The van der Waals surface area contributed by atoms with Crippen LogP contribution >= 0.6 is 0 Å². The Morgan fingerprint density at radius 2 is 2.30 bits per heavy atom. The molecule has 1 aliphatic heterocycles. The Morgan fingerprint density at radius 1 is 1.45 bits per heavy atom. The summed E-state index contributed by atoms with van der Waals surface area (Å²) in [7, 11) is 0.